The minimum absolute atomic E-state index is 0.130. The summed E-state index contributed by atoms with van der Waals surface area (Å²) in [7, 11) is -4.36. The maximum absolute atomic E-state index is 13.8. The Morgan fingerprint density at radius 3 is 2.49 bits per heavy atom. The molecule has 1 aliphatic carbocycles. The highest BCUT2D eigenvalue weighted by Gasteiger charge is 2.26. The predicted octanol–water partition coefficient (Wildman–Crippen LogP) is 4.68. The first-order valence-corrected chi connectivity index (χ1v) is 13.3. The van der Waals surface area contributed by atoms with Gasteiger partial charge in [-0.15, -0.1) is 10.2 Å². The molecule has 12 heteroatoms. The summed E-state index contributed by atoms with van der Waals surface area (Å²) >= 11 is 0.984. The average Bonchev–Trinajstić information content (AvgIpc) is 3.23. The number of carbonyl (C=O) groups is 1. The van der Waals surface area contributed by atoms with E-state index in [4.69, 9.17) is 4.55 Å². The van der Waals surface area contributed by atoms with E-state index >= 15 is 0 Å². The maximum Gasteiger partial charge on any atom is 0.297 e. The molecule has 1 heterocycles. The monoisotopic (exact) mass is 522 g/mol. The molecule has 1 amide bonds. The van der Waals surface area contributed by atoms with E-state index in [0.29, 0.717) is 16.9 Å². The minimum atomic E-state index is -4.36. The molecular formula is C23H24F2N4O4S2. The number of hydrogen-bond acceptors (Lipinski definition) is 6. The van der Waals surface area contributed by atoms with Gasteiger partial charge in [0.2, 0.25) is 11.7 Å². The number of carbonyl (C=O) groups excluding carboxylic acids is 1. The Morgan fingerprint density at radius 2 is 1.83 bits per heavy atom. The Hall–Kier alpha value is -2.83. The molecule has 0 aliphatic heterocycles. The number of anilines is 1. The summed E-state index contributed by atoms with van der Waals surface area (Å²) < 4.78 is 60.7. The molecule has 0 atom stereocenters. The summed E-state index contributed by atoms with van der Waals surface area (Å²) in [5.41, 5.74) is 4.72. The Morgan fingerprint density at radius 1 is 1.11 bits per heavy atom. The number of nitrogens with zero attached hydrogens (tertiary/aromatic N) is 3. The third-order valence-electron chi connectivity index (χ3n) is 5.94. The van der Waals surface area contributed by atoms with Gasteiger partial charge in [0.05, 0.1) is 16.3 Å². The molecule has 0 saturated carbocycles. The number of aryl methyl sites for hydroxylation is 2. The number of hydrogen-bond donors (Lipinski definition) is 2. The summed E-state index contributed by atoms with van der Waals surface area (Å²) in [6, 6.07) is 7.51. The molecule has 1 aliphatic rings. The molecule has 0 unspecified atom stereocenters. The van der Waals surface area contributed by atoms with Gasteiger partial charge in [-0.3, -0.25) is 13.9 Å². The highest BCUT2D eigenvalue weighted by Crippen LogP contribution is 2.34. The minimum Gasteiger partial charge on any atom is -0.325 e. The summed E-state index contributed by atoms with van der Waals surface area (Å²) in [5, 5.41) is 10.5. The number of aromatic nitrogens is 3. The fourth-order valence-corrected chi connectivity index (χ4v) is 5.55. The molecule has 4 rings (SSSR count). The summed E-state index contributed by atoms with van der Waals surface area (Å²) in [6.07, 6.45) is 0.845. The van der Waals surface area contributed by atoms with Crippen molar-refractivity contribution in [2.24, 2.45) is 0 Å². The molecule has 186 valence electrons. The van der Waals surface area contributed by atoms with Gasteiger partial charge in [-0.2, -0.15) is 8.42 Å². The number of benzene rings is 2. The van der Waals surface area contributed by atoms with Crippen LogP contribution >= 0.6 is 11.8 Å². The molecule has 0 saturated heterocycles. The Bertz CT molecular complexity index is 1390. The molecule has 0 spiro atoms. The van der Waals surface area contributed by atoms with Crippen molar-refractivity contribution in [2.75, 3.05) is 11.1 Å². The lowest BCUT2D eigenvalue weighted by molar-refractivity contribution is -0.113. The lowest BCUT2D eigenvalue weighted by Gasteiger charge is -2.23. The van der Waals surface area contributed by atoms with Crippen molar-refractivity contribution < 1.29 is 26.5 Å². The third-order valence-corrected chi connectivity index (χ3v) is 7.72. The van der Waals surface area contributed by atoms with E-state index in [-0.39, 0.29) is 15.8 Å². The van der Waals surface area contributed by atoms with Crippen LogP contribution < -0.4 is 5.32 Å². The topological polar surface area (TPSA) is 114 Å². The largest absolute Gasteiger partial charge is 0.325 e. The van der Waals surface area contributed by atoms with Crippen molar-refractivity contribution in [2.45, 2.75) is 56.0 Å². The molecule has 1 aromatic heterocycles. The average molecular weight is 523 g/mol. The Balaban J connectivity index is 1.58. The van der Waals surface area contributed by atoms with Crippen LogP contribution in [0.2, 0.25) is 0 Å². The third kappa shape index (κ3) is 5.39. The van der Waals surface area contributed by atoms with Gasteiger partial charge in [0.15, 0.2) is 5.16 Å². The van der Waals surface area contributed by atoms with Crippen molar-refractivity contribution in [3.63, 3.8) is 0 Å². The molecule has 3 aromatic rings. The van der Waals surface area contributed by atoms with Crippen LogP contribution in [0.3, 0.4) is 0 Å². The molecule has 0 fully saturated rings. The predicted molar refractivity (Wildman–Crippen MR) is 128 cm³/mol. The van der Waals surface area contributed by atoms with Gasteiger partial charge in [0, 0.05) is 5.69 Å². The Kier molecular flexibility index (Phi) is 7.25. The van der Waals surface area contributed by atoms with E-state index in [2.05, 4.69) is 15.5 Å². The summed E-state index contributed by atoms with van der Waals surface area (Å²) in [5.74, 6) is -1.03. The van der Waals surface area contributed by atoms with Crippen LogP contribution in [0.15, 0.2) is 40.4 Å². The number of rotatable bonds is 7. The second kappa shape index (κ2) is 10.0. The van der Waals surface area contributed by atoms with Crippen LogP contribution in [-0.2, 0) is 27.8 Å². The van der Waals surface area contributed by atoms with Crippen LogP contribution in [0.25, 0.3) is 5.69 Å². The van der Waals surface area contributed by atoms with Gasteiger partial charge < -0.3 is 5.32 Å². The number of thioether (sulfide) groups is 1. The summed E-state index contributed by atoms with van der Waals surface area (Å²) in [6.45, 7) is 3.60. The number of alkyl halides is 2. The van der Waals surface area contributed by atoms with E-state index in [1.165, 1.54) is 28.3 Å². The smallest absolute Gasteiger partial charge is 0.297 e. The molecule has 35 heavy (non-hydrogen) atoms. The molecule has 0 radical (unpaired) electrons. The first-order chi connectivity index (χ1) is 16.6. The molecule has 2 aromatic carbocycles. The van der Waals surface area contributed by atoms with Crippen molar-refractivity contribution in [1.29, 1.82) is 0 Å². The zero-order valence-corrected chi connectivity index (χ0v) is 20.7. The molecular weight excluding hydrogens is 498 g/mol. The van der Waals surface area contributed by atoms with Crippen LogP contribution in [0.1, 0.15) is 47.3 Å². The highest BCUT2D eigenvalue weighted by molar-refractivity contribution is 7.99. The van der Waals surface area contributed by atoms with E-state index < -0.39 is 28.3 Å². The fraction of sp³-hybridized carbons (Fsp3) is 0.348. The first-order valence-electron chi connectivity index (χ1n) is 10.9. The quantitative estimate of drug-likeness (QED) is 0.342. The van der Waals surface area contributed by atoms with Crippen molar-refractivity contribution in [3.05, 3.63) is 58.4 Å². The van der Waals surface area contributed by atoms with E-state index in [9.17, 15) is 22.0 Å². The van der Waals surface area contributed by atoms with Crippen LogP contribution in [0.4, 0.5) is 14.5 Å². The number of fused-ring (bicyclic) bond motifs is 1. The van der Waals surface area contributed by atoms with Gasteiger partial charge in [0.1, 0.15) is 0 Å². The zero-order valence-electron chi connectivity index (χ0n) is 19.1. The van der Waals surface area contributed by atoms with E-state index in [1.54, 1.807) is 13.0 Å². The molecule has 0 bridgehead atoms. The van der Waals surface area contributed by atoms with Gasteiger partial charge >= 0.3 is 0 Å². The first kappa shape index (κ1) is 25.3. The van der Waals surface area contributed by atoms with Gasteiger partial charge in [-0.1, -0.05) is 17.8 Å². The van der Waals surface area contributed by atoms with E-state index in [0.717, 1.165) is 48.6 Å². The number of amides is 1. The van der Waals surface area contributed by atoms with Crippen LogP contribution in [-0.4, -0.2) is 39.4 Å². The lowest BCUT2D eigenvalue weighted by atomic mass is 9.87. The van der Waals surface area contributed by atoms with Crippen LogP contribution in [0.5, 0.6) is 0 Å². The second-order valence-corrected chi connectivity index (χ2v) is 10.7. The van der Waals surface area contributed by atoms with E-state index in [1.807, 2.05) is 13.0 Å². The van der Waals surface area contributed by atoms with Crippen molar-refractivity contribution in [3.8, 4) is 5.69 Å². The van der Waals surface area contributed by atoms with Crippen molar-refractivity contribution >= 4 is 33.5 Å². The lowest BCUT2D eigenvalue weighted by Crippen LogP contribution is -2.16. The van der Waals surface area contributed by atoms with Gasteiger partial charge in [0.25, 0.3) is 16.5 Å². The second-order valence-electron chi connectivity index (χ2n) is 8.33. The SMILES string of the molecule is Cc1cc(S(=O)(=O)O)ccc1NC(=O)CSc1nnc(C(F)F)n1-c1ccc(C)c2c1CCCC2. The molecule has 2 N–H and O–H groups in total. The standard InChI is InChI=1S/C23H24F2N4O4S2/c1-13-7-10-19(17-6-4-3-5-16(13)17)29-22(21(24)25)27-28-23(29)34-12-20(30)26-18-9-8-15(11-14(18)2)35(31,32)33/h7-11,21H,3-6,12H2,1-2H3,(H,26,30)(H,31,32,33). The van der Waals surface area contributed by atoms with Crippen molar-refractivity contribution in [1.82, 2.24) is 14.8 Å². The Labute approximate surface area is 205 Å². The summed E-state index contributed by atoms with van der Waals surface area (Å²) in [4.78, 5) is 12.3. The fourth-order valence-electron chi connectivity index (χ4n) is 4.23. The maximum atomic E-state index is 13.8. The number of halogens is 2. The number of nitrogens with one attached hydrogen (secondary N) is 1. The van der Waals surface area contributed by atoms with Gasteiger partial charge in [-0.05, 0) is 86.1 Å². The van der Waals surface area contributed by atoms with Crippen LogP contribution in [0, 0.1) is 13.8 Å². The highest BCUT2D eigenvalue weighted by atomic mass is 32.2. The molecule has 8 nitrogen and oxygen atoms in total. The van der Waals surface area contributed by atoms with Gasteiger partial charge in [-0.25, -0.2) is 8.78 Å². The normalized spacial score (nSPS) is 13.7. The zero-order chi connectivity index (χ0) is 25.3.